The van der Waals surface area contributed by atoms with Crippen LogP contribution in [-0.4, -0.2) is 39.8 Å². The smallest absolute Gasteiger partial charge is 0.261 e. The van der Waals surface area contributed by atoms with Gasteiger partial charge < -0.3 is 15.0 Å². The fourth-order valence-electron chi connectivity index (χ4n) is 3.83. The summed E-state index contributed by atoms with van der Waals surface area (Å²) in [4.78, 5) is 36.0. The van der Waals surface area contributed by atoms with E-state index < -0.39 is 0 Å². The first-order valence-electron chi connectivity index (χ1n) is 10.8. The summed E-state index contributed by atoms with van der Waals surface area (Å²) in [6, 6.07) is 14.9. The van der Waals surface area contributed by atoms with Crippen molar-refractivity contribution in [1.82, 2.24) is 20.2 Å². The predicted molar refractivity (Wildman–Crippen MR) is 120 cm³/mol. The molecule has 4 rings (SSSR count). The van der Waals surface area contributed by atoms with E-state index in [1.807, 2.05) is 18.2 Å². The number of hydrogen-bond donors (Lipinski definition) is 1. The number of aromatic nitrogens is 2. The van der Waals surface area contributed by atoms with Gasteiger partial charge in [0.15, 0.2) is 12.4 Å². The number of amides is 2. The number of hydrogen-bond acceptors (Lipinski definition) is 5. The van der Waals surface area contributed by atoms with Gasteiger partial charge in [0.1, 0.15) is 11.6 Å². The second-order valence-corrected chi connectivity index (χ2v) is 7.88. The molecule has 2 heterocycles. The molecule has 2 aromatic carbocycles. The average molecular weight is 448 g/mol. The topological polar surface area (TPSA) is 84.4 Å². The summed E-state index contributed by atoms with van der Waals surface area (Å²) < 4.78 is 18.6. The van der Waals surface area contributed by atoms with Crippen molar-refractivity contribution in [3.8, 4) is 5.75 Å². The maximum absolute atomic E-state index is 13.0. The number of carbonyl (C=O) groups excluding carboxylic acids is 2. The minimum Gasteiger partial charge on any atom is -0.484 e. The van der Waals surface area contributed by atoms with E-state index >= 15 is 0 Å². The number of nitrogens with zero attached hydrogens (tertiary/aromatic N) is 3. The first-order chi connectivity index (χ1) is 16.0. The van der Waals surface area contributed by atoms with Crippen molar-refractivity contribution in [3.05, 3.63) is 89.3 Å². The van der Waals surface area contributed by atoms with Crippen molar-refractivity contribution in [3.63, 3.8) is 0 Å². The van der Waals surface area contributed by atoms with Crippen LogP contribution in [0.1, 0.15) is 46.3 Å². The molecule has 0 bridgehead atoms. The molecule has 1 N–H and O–H groups in total. The molecule has 1 aliphatic rings. The van der Waals surface area contributed by atoms with Crippen molar-refractivity contribution < 1.29 is 18.7 Å². The summed E-state index contributed by atoms with van der Waals surface area (Å²) in [7, 11) is 0. The number of para-hydroxylation sites is 1. The van der Waals surface area contributed by atoms with E-state index in [-0.39, 0.29) is 36.8 Å². The lowest BCUT2D eigenvalue weighted by Crippen LogP contribution is -2.35. The van der Waals surface area contributed by atoms with Gasteiger partial charge in [0.25, 0.3) is 11.8 Å². The van der Waals surface area contributed by atoms with Crippen molar-refractivity contribution in [2.75, 3.05) is 13.2 Å². The van der Waals surface area contributed by atoms with Crippen LogP contribution in [0.15, 0.2) is 60.8 Å². The number of aryl methyl sites for hydroxylation is 1. The van der Waals surface area contributed by atoms with Crippen LogP contribution in [0.25, 0.3) is 0 Å². The molecule has 170 valence electrons. The van der Waals surface area contributed by atoms with Crippen LogP contribution in [0.5, 0.6) is 5.75 Å². The normalized spacial score (nSPS) is 15.3. The van der Waals surface area contributed by atoms with Crippen LogP contribution >= 0.6 is 0 Å². The Morgan fingerprint density at radius 3 is 2.64 bits per heavy atom. The highest BCUT2D eigenvalue weighted by atomic mass is 19.1. The Labute approximate surface area is 191 Å². The van der Waals surface area contributed by atoms with Gasteiger partial charge in [-0.1, -0.05) is 30.3 Å². The Hall–Kier alpha value is -3.81. The van der Waals surface area contributed by atoms with Gasteiger partial charge in [-0.15, -0.1) is 0 Å². The number of rotatable bonds is 7. The van der Waals surface area contributed by atoms with Gasteiger partial charge in [-0.2, -0.15) is 0 Å². The van der Waals surface area contributed by atoms with E-state index in [2.05, 4.69) is 15.3 Å². The molecular weight excluding hydrogens is 423 g/mol. The van der Waals surface area contributed by atoms with Gasteiger partial charge >= 0.3 is 0 Å². The Balaban J connectivity index is 1.39. The molecule has 1 unspecified atom stereocenters. The summed E-state index contributed by atoms with van der Waals surface area (Å²) in [5.74, 6) is 0.413. The van der Waals surface area contributed by atoms with Crippen molar-refractivity contribution in [2.45, 2.75) is 32.4 Å². The minimum absolute atomic E-state index is 0.0522. The highest BCUT2D eigenvalue weighted by Gasteiger charge is 2.32. The van der Waals surface area contributed by atoms with Crippen LogP contribution in [0.4, 0.5) is 4.39 Å². The first kappa shape index (κ1) is 22.4. The van der Waals surface area contributed by atoms with Gasteiger partial charge in [-0.05, 0) is 49.6 Å². The van der Waals surface area contributed by atoms with Crippen LogP contribution in [-0.2, 0) is 11.3 Å². The van der Waals surface area contributed by atoms with E-state index in [0.717, 1.165) is 18.4 Å². The maximum Gasteiger partial charge on any atom is 0.261 e. The molecule has 2 amide bonds. The van der Waals surface area contributed by atoms with E-state index in [9.17, 15) is 14.0 Å². The monoisotopic (exact) mass is 448 g/mol. The minimum atomic E-state index is -0.323. The number of carbonyl (C=O) groups is 2. The van der Waals surface area contributed by atoms with Crippen molar-refractivity contribution in [2.24, 2.45) is 0 Å². The van der Waals surface area contributed by atoms with Crippen molar-refractivity contribution in [1.29, 1.82) is 0 Å². The van der Waals surface area contributed by atoms with E-state index in [0.29, 0.717) is 29.4 Å². The maximum atomic E-state index is 13.0. The third kappa shape index (κ3) is 5.52. The van der Waals surface area contributed by atoms with Crippen LogP contribution in [0.2, 0.25) is 0 Å². The molecule has 1 fully saturated rings. The summed E-state index contributed by atoms with van der Waals surface area (Å²) in [6.45, 7) is 2.58. The molecule has 1 saturated heterocycles. The Morgan fingerprint density at radius 2 is 1.91 bits per heavy atom. The molecule has 1 atom stereocenters. The summed E-state index contributed by atoms with van der Waals surface area (Å²) in [5.41, 5.74) is 1.69. The SMILES string of the molecule is Cc1nc(C2CCCN2C(=O)COc2ccccc2)ncc1C(=O)NCc1ccc(F)cc1. The highest BCUT2D eigenvalue weighted by Crippen LogP contribution is 2.30. The highest BCUT2D eigenvalue weighted by molar-refractivity contribution is 5.94. The lowest BCUT2D eigenvalue weighted by atomic mass is 10.1. The third-order valence-corrected chi connectivity index (χ3v) is 5.59. The number of ether oxygens (including phenoxy) is 1. The Bertz CT molecular complexity index is 1120. The lowest BCUT2D eigenvalue weighted by molar-refractivity contribution is -0.134. The summed E-state index contributed by atoms with van der Waals surface area (Å²) in [5, 5.41) is 2.80. The van der Waals surface area contributed by atoms with Crippen LogP contribution in [0.3, 0.4) is 0 Å². The third-order valence-electron chi connectivity index (χ3n) is 5.59. The molecule has 0 radical (unpaired) electrons. The zero-order chi connectivity index (χ0) is 23.2. The molecule has 0 aliphatic carbocycles. The Morgan fingerprint density at radius 1 is 1.15 bits per heavy atom. The molecule has 0 saturated carbocycles. The fourth-order valence-corrected chi connectivity index (χ4v) is 3.83. The van der Waals surface area contributed by atoms with E-state index in [4.69, 9.17) is 4.74 Å². The number of benzene rings is 2. The second kappa shape index (κ2) is 10.2. The van der Waals surface area contributed by atoms with Gasteiger partial charge in [0.2, 0.25) is 0 Å². The molecule has 1 aromatic heterocycles. The fraction of sp³-hybridized carbons (Fsp3) is 0.280. The van der Waals surface area contributed by atoms with Gasteiger partial charge in [-0.3, -0.25) is 9.59 Å². The largest absolute Gasteiger partial charge is 0.484 e. The van der Waals surface area contributed by atoms with Gasteiger partial charge in [0, 0.05) is 19.3 Å². The predicted octanol–water partition coefficient (Wildman–Crippen LogP) is 3.60. The summed E-state index contributed by atoms with van der Waals surface area (Å²) >= 11 is 0. The van der Waals surface area contributed by atoms with Crippen molar-refractivity contribution >= 4 is 11.8 Å². The molecule has 0 spiro atoms. The number of likely N-dealkylation sites (tertiary alicyclic amines) is 1. The van der Waals surface area contributed by atoms with Crippen LogP contribution < -0.4 is 10.1 Å². The zero-order valence-corrected chi connectivity index (χ0v) is 18.3. The first-order valence-corrected chi connectivity index (χ1v) is 10.8. The molecule has 1 aliphatic heterocycles. The molecular formula is C25H25FN4O3. The van der Waals surface area contributed by atoms with E-state index in [1.165, 1.54) is 18.3 Å². The lowest BCUT2D eigenvalue weighted by Gasteiger charge is -2.24. The molecule has 33 heavy (non-hydrogen) atoms. The van der Waals surface area contributed by atoms with Gasteiger partial charge in [0.05, 0.1) is 17.3 Å². The number of nitrogens with one attached hydrogen (secondary N) is 1. The second-order valence-electron chi connectivity index (χ2n) is 7.88. The molecule has 3 aromatic rings. The quantitative estimate of drug-likeness (QED) is 0.597. The van der Waals surface area contributed by atoms with E-state index in [1.54, 1.807) is 36.1 Å². The molecule has 7 nitrogen and oxygen atoms in total. The summed E-state index contributed by atoms with van der Waals surface area (Å²) in [6.07, 6.45) is 3.11. The van der Waals surface area contributed by atoms with Crippen LogP contribution in [0, 0.1) is 12.7 Å². The standard InChI is InChI=1S/C25H25FN4O3/c1-17-21(25(32)28-14-18-9-11-19(26)12-10-18)15-27-24(29-17)22-8-5-13-30(22)23(31)16-33-20-6-3-2-4-7-20/h2-4,6-7,9-12,15,22H,5,8,13-14,16H2,1H3,(H,28,32). The zero-order valence-electron chi connectivity index (χ0n) is 18.3. The Kier molecular flexibility index (Phi) is 6.92. The van der Waals surface area contributed by atoms with Gasteiger partial charge in [-0.25, -0.2) is 14.4 Å². The average Bonchev–Trinajstić information content (AvgIpc) is 3.33. The number of halogens is 1. The molecule has 8 heteroatoms.